The van der Waals surface area contributed by atoms with E-state index in [0.29, 0.717) is 65.9 Å². The van der Waals surface area contributed by atoms with Gasteiger partial charge in [-0.25, -0.2) is 13.8 Å². The number of hydrogen-bond acceptors (Lipinski definition) is 6. The molecule has 0 spiro atoms. The van der Waals surface area contributed by atoms with E-state index in [1.807, 2.05) is 17.7 Å². The van der Waals surface area contributed by atoms with E-state index in [2.05, 4.69) is 34.4 Å². The highest BCUT2D eigenvalue weighted by molar-refractivity contribution is 5.94. The lowest BCUT2D eigenvalue weighted by molar-refractivity contribution is -0.0402. The molecule has 6 rings (SSSR count). The lowest BCUT2D eigenvalue weighted by atomic mass is 10.1. The summed E-state index contributed by atoms with van der Waals surface area (Å²) in [5, 5.41) is 11.8. The molecule has 3 aromatic heterocycles. The van der Waals surface area contributed by atoms with Crippen LogP contribution in [0.5, 0.6) is 0 Å². The van der Waals surface area contributed by atoms with Crippen molar-refractivity contribution in [1.29, 1.82) is 0 Å². The molecule has 184 valence electrons. The van der Waals surface area contributed by atoms with Crippen LogP contribution in [0.2, 0.25) is 0 Å². The molecular weight excluding hydrogens is 452 g/mol. The highest BCUT2D eigenvalue weighted by atomic mass is 19.1. The quantitative estimate of drug-likeness (QED) is 0.451. The molecular formula is C25H29F2N7O. The molecule has 5 heterocycles. The van der Waals surface area contributed by atoms with Crippen molar-refractivity contribution in [2.24, 2.45) is 5.92 Å². The zero-order valence-corrected chi connectivity index (χ0v) is 20.1. The molecule has 2 N–H and O–H groups in total. The summed E-state index contributed by atoms with van der Waals surface area (Å²) in [6, 6.07) is 5.58. The lowest BCUT2D eigenvalue weighted by Gasteiger charge is -2.37. The summed E-state index contributed by atoms with van der Waals surface area (Å²) in [6.45, 7) is 9.65. The number of benzene rings is 1. The first-order valence-electron chi connectivity index (χ1n) is 12.0. The van der Waals surface area contributed by atoms with Crippen molar-refractivity contribution < 1.29 is 13.5 Å². The van der Waals surface area contributed by atoms with E-state index in [0.717, 1.165) is 18.8 Å². The number of halogens is 2. The number of aryl methyl sites for hydroxylation is 1. The van der Waals surface area contributed by atoms with Crippen molar-refractivity contribution in [1.82, 2.24) is 24.5 Å². The predicted octanol–water partition coefficient (Wildman–Crippen LogP) is 3.85. The Morgan fingerprint density at radius 3 is 2.57 bits per heavy atom. The van der Waals surface area contributed by atoms with Gasteiger partial charge in [0, 0.05) is 61.8 Å². The van der Waals surface area contributed by atoms with Crippen molar-refractivity contribution in [2.45, 2.75) is 39.4 Å². The molecule has 8 nitrogen and oxygen atoms in total. The molecule has 0 aliphatic carbocycles. The van der Waals surface area contributed by atoms with Crippen LogP contribution in [-0.4, -0.2) is 57.6 Å². The van der Waals surface area contributed by atoms with E-state index in [1.54, 1.807) is 22.9 Å². The summed E-state index contributed by atoms with van der Waals surface area (Å²) < 4.78 is 39.2. The largest absolute Gasteiger partial charge is 0.381 e. The second-order valence-corrected chi connectivity index (χ2v) is 9.94. The summed E-state index contributed by atoms with van der Waals surface area (Å²) in [6.07, 6.45) is 3.48. The van der Waals surface area contributed by atoms with E-state index in [1.165, 1.54) is 6.07 Å². The van der Waals surface area contributed by atoms with Crippen LogP contribution in [-0.2, 0) is 11.3 Å². The predicted molar refractivity (Wildman–Crippen MR) is 131 cm³/mol. The maximum atomic E-state index is 15.7. The van der Waals surface area contributed by atoms with Gasteiger partial charge in [0.2, 0.25) is 0 Å². The fourth-order valence-corrected chi connectivity index (χ4v) is 5.21. The molecule has 10 heteroatoms. The van der Waals surface area contributed by atoms with Crippen molar-refractivity contribution in [3.8, 4) is 0 Å². The van der Waals surface area contributed by atoms with Crippen LogP contribution in [0.25, 0.3) is 16.6 Å². The number of anilines is 3. The molecule has 0 amide bonds. The fraction of sp³-hybridized carbons (Fsp3) is 0.440. The molecule has 0 unspecified atom stereocenters. The molecule has 2 aliphatic heterocycles. The van der Waals surface area contributed by atoms with Gasteiger partial charge in [-0.2, -0.15) is 5.10 Å². The standard InChI is InChI=1S/C25H29F2N7O/c1-14-7-32(8-15(2)28-14)19-5-20(26)23-22(6-19)34(10-17-12-35-13-17)31-24(23)30-18-4-21(27)25-29-16(3)9-33(25)11-18/h4-6,9,11,14-15,17,28H,7-8,10,12-13H2,1-3H3,(H,30,31)/t14-,15-/m0/s1. The third-order valence-electron chi connectivity index (χ3n) is 6.74. The Balaban J connectivity index is 1.42. The number of aromatic nitrogens is 4. The Morgan fingerprint density at radius 1 is 1.09 bits per heavy atom. The number of nitrogens with zero attached hydrogens (tertiary/aromatic N) is 5. The van der Waals surface area contributed by atoms with Gasteiger partial charge in [-0.05, 0) is 32.9 Å². The zero-order chi connectivity index (χ0) is 24.3. The van der Waals surface area contributed by atoms with Crippen LogP contribution in [0.3, 0.4) is 0 Å². The van der Waals surface area contributed by atoms with Gasteiger partial charge in [-0.15, -0.1) is 0 Å². The molecule has 2 fully saturated rings. The van der Waals surface area contributed by atoms with Crippen LogP contribution < -0.4 is 15.5 Å². The van der Waals surface area contributed by atoms with E-state index in [-0.39, 0.29) is 11.5 Å². The minimum absolute atomic E-state index is 0.253. The number of piperazine rings is 1. The smallest absolute Gasteiger partial charge is 0.173 e. The van der Waals surface area contributed by atoms with E-state index in [4.69, 9.17) is 9.84 Å². The minimum Gasteiger partial charge on any atom is -0.381 e. The Kier molecular flexibility index (Phi) is 5.37. The van der Waals surface area contributed by atoms with Gasteiger partial charge in [0.1, 0.15) is 5.82 Å². The Labute approximate surface area is 201 Å². The maximum absolute atomic E-state index is 15.7. The molecule has 1 aromatic carbocycles. The van der Waals surface area contributed by atoms with E-state index in [9.17, 15) is 4.39 Å². The highest BCUT2D eigenvalue weighted by Gasteiger charge is 2.26. The zero-order valence-electron chi connectivity index (χ0n) is 20.1. The summed E-state index contributed by atoms with van der Waals surface area (Å²) in [5.74, 6) is -0.111. The number of fused-ring (bicyclic) bond motifs is 2. The number of imidazole rings is 1. The lowest BCUT2D eigenvalue weighted by Crippen LogP contribution is -2.54. The average Bonchev–Trinajstić information content (AvgIpc) is 3.30. The maximum Gasteiger partial charge on any atom is 0.173 e. The third-order valence-corrected chi connectivity index (χ3v) is 6.74. The fourth-order valence-electron chi connectivity index (χ4n) is 5.21. The summed E-state index contributed by atoms with van der Waals surface area (Å²) in [5.41, 5.74) is 3.00. The van der Waals surface area contributed by atoms with E-state index < -0.39 is 5.82 Å². The number of rotatable bonds is 5. The average molecular weight is 482 g/mol. The second kappa shape index (κ2) is 8.46. The molecule has 2 aliphatic rings. The van der Waals surface area contributed by atoms with Gasteiger partial charge in [0.15, 0.2) is 17.3 Å². The van der Waals surface area contributed by atoms with Gasteiger partial charge in [0.05, 0.1) is 35.5 Å². The summed E-state index contributed by atoms with van der Waals surface area (Å²) >= 11 is 0. The first kappa shape index (κ1) is 22.2. The molecule has 35 heavy (non-hydrogen) atoms. The molecule has 0 saturated carbocycles. The normalized spacial score (nSPS) is 21.1. The van der Waals surface area contributed by atoms with Gasteiger partial charge < -0.3 is 24.7 Å². The number of nitrogens with one attached hydrogen (secondary N) is 2. The minimum atomic E-state index is -0.455. The molecule has 4 aromatic rings. The SMILES string of the molecule is Cc1cn2cc(Nc3nn(CC4COC4)c4cc(N5C[C@H](C)N[C@@H](C)C5)cc(F)c34)cc(F)c2n1. The van der Waals surface area contributed by atoms with Gasteiger partial charge in [-0.1, -0.05) is 0 Å². The first-order valence-corrected chi connectivity index (χ1v) is 12.0. The summed E-state index contributed by atoms with van der Waals surface area (Å²) in [4.78, 5) is 6.42. The Hall–Kier alpha value is -3.24. The topological polar surface area (TPSA) is 71.7 Å². The van der Waals surface area contributed by atoms with Crippen molar-refractivity contribution in [3.63, 3.8) is 0 Å². The van der Waals surface area contributed by atoms with E-state index >= 15 is 4.39 Å². The number of ether oxygens (including phenoxy) is 1. The molecule has 2 atom stereocenters. The van der Waals surface area contributed by atoms with Crippen LogP contribution >= 0.6 is 0 Å². The van der Waals surface area contributed by atoms with Crippen molar-refractivity contribution in [2.75, 3.05) is 36.5 Å². The molecule has 2 saturated heterocycles. The van der Waals surface area contributed by atoms with Gasteiger partial charge in [0.25, 0.3) is 0 Å². The Bertz CT molecular complexity index is 1400. The monoisotopic (exact) mass is 481 g/mol. The van der Waals surface area contributed by atoms with Crippen LogP contribution in [0, 0.1) is 24.5 Å². The molecule has 0 bridgehead atoms. The summed E-state index contributed by atoms with van der Waals surface area (Å²) in [7, 11) is 0. The van der Waals surface area contributed by atoms with Crippen molar-refractivity contribution >= 4 is 33.7 Å². The number of pyridine rings is 1. The Morgan fingerprint density at radius 2 is 1.86 bits per heavy atom. The third kappa shape index (κ3) is 4.10. The number of hydrogen-bond donors (Lipinski definition) is 2. The first-order chi connectivity index (χ1) is 16.8. The van der Waals surface area contributed by atoms with Crippen LogP contribution in [0.4, 0.5) is 26.0 Å². The van der Waals surface area contributed by atoms with Crippen LogP contribution in [0.1, 0.15) is 19.5 Å². The van der Waals surface area contributed by atoms with Gasteiger partial charge >= 0.3 is 0 Å². The highest BCUT2D eigenvalue weighted by Crippen LogP contribution is 2.34. The second-order valence-electron chi connectivity index (χ2n) is 9.94. The van der Waals surface area contributed by atoms with Gasteiger partial charge in [-0.3, -0.25) is 4.68 Å². The van der Waals surface area contributed by atoms with Crippen molar-refractivity contribution in [3.05, 3.63) is 47.9 Å². The molecule has 0 radical (unpaired) electrons. The van der Waals surface area contributed by atoms with Crippen LogP contribution in [0.15, 0.2) is 30.6 Å².